The molecule has 0 saturated carbocycles. The van der Waals surface area contributed by atoms with E-state index < -0.39 is 17.4 Å². The zero-order valence-corrected chi connectivity index (χ0v) is 12.8. The highest BCUT2D eigenvalue weighted by Gasteiger charge is 2.55. The molecule has 1 heterocycles. The van der Waals surface area contributed by atoms with E-state index in [1.165, 1.54) is 0 Å². The molecular formula is C16H22N2O2. The maximum Gasteiger partial charge on any atom is 0.166 e. The number of nitriles is 1. The van der Waals surface area contributed by atoms with E-state index in [1.54, 1.807) is 0 Å². The zero-order valence-electron chi connectivity index (χ0n) is 12.8. The molecule has 1 fully saturated rings. The number of hydrogen-bond acceptors (Lipinski definition) is 4. The Bertz CT molecular complexity index is 505. The fraction of sp³-hybridized carbons (Fsp3) is 0.562. The van der Waals surface area contributed by atoms with Crippen LogP contribution in [0.4, 0.5) is 0 Å². The minimum atomic E-state index is -0.632. The molecule has 0 radical (unpaired) electrons. The molecule has 0 bridgehead atoms. The summed E-state index contributed by atoms with van der Waals surface area (Å²) in [5.74, 6) is 0. The summed E-state index contributed by atoms with van der Waals surface area (Å²) in [6, 6.07) is 12.2. The highest BCUT2D eigenvalue weighted by Crippen LogP contribution is 2.41. The number of ether oxygens (including phenoxy) is 1. The van der Waals surface area contributed by atoms with Gasteiger partial charge in [0.1, 0.15) is 11.8 Å². The minimum absolute atomic E-state index is 0.101. The monoisotopic (exact) mass is 274 g/mol. The van der Waals surface area contributed by atoms with Gasteiger partial charge in [-0.15, -0.1) is 5.06 Å². The summed E-state index contributed by atoms with van der Waals surface area (Å²) in [4.78, 5) is 6.12. The fourth-order valence-electron chi connectivity index (χ4n) is 2.67. The summed E-state index contributed by atoms with van der Waals surface area (Å²) in [6.45, 7) is 9.77. The van der Waals surface area contributed by atoms with Crippen LogP contribution in [-0.2, 0) is 9.57 Å². The van der Waals surface area contributed by atoms with Crippen molar-refractivity contribution in [2.45, 2.75) is 58.1 Å². The molecule has 108 valence electrons. The molecule has 0 aliphatic carbocycles. The van der Waals surface area contributed by atoms with E-state index in [0.29, 0.717) is 0 Å². The normalized spacial score (nSPS) is 26.1. The summed E-state index contributed by atoms with van der Waals surface area (Å²) < 4.78 is 5.80. The first-order valence-corrected chi connectivity index (χ1v) is 6.88. The predicted octanol–water partition coefficient (Wildman–Crippen LogP) is 3.42. The van der Waals surface area contributed by atoms with Crippen LogP contribution in [-0.4, -0.2) is 22.4 Å². The van der Waals surface area contributed by atoms with E-state index in [2.05, 4.69) is 6.07 Å². The van der Waals surface area contributed by atoms with Crippen LogP contribution < -0.4 is 0 Å². The number of hydroxylamine groups is 2. The molecule has 0 spiro atoms. The Kier molecular flexibility index (Phi) is 3.88. The Morgan fingerprint density at radius 1 is 1.25 bits per heavy atom. The quantitative estimate of drug-likeness (QED) is 0.847. The maximum absolute atomic E-state index is 9.25. The van der Waals surface area contributed by atoms with Crippen molar-refractivity contribution in [2.24, 2.45) is 0 Å². The molecule has 1 saturated heterocycles. The molecule has 1 aliphatic heterocycles. The van der Waals surface area contributed by atoms with E-state index in [4.69, 9.17) is 9.57 Å². The van der Waals surface area contributed by atoms with Crippen LogP contribution >= 0.6 is 0 Å². The fourth-order valence-corrected chi connectivity index (χ4v) is 2.67. The van der Waals surface area contributed by atoms with Crippen LogP contribution in [0.1, 0.15) is 46.3 Å². The summed E-state index contributed by atoms with van der Waals surface area (Å²) in [5.41, 5.74) is -0.0340. The van der Waals surface area contributed by atoms with Crippen molar-refractivity contribution in [1.82, 2.24) is 5.06 Å². The van der Waals surface area contributed by atoms with Crippen LogP contribution in [0.15, 0.2) is 30.3 Å². The topological polar surface area (TPSA) is 45.5 Å². The molecule has 1 aromatic rings. The van der Waals surface area contributed by atoms with Gasteiger partial charge >= 0.3 is 0 Å². The lowest BCUT2D eigenvalue weighted by atomic mass is 9.99. The largest absolute Gasteiger partial charge is 0.339 e. The minimum Gasteiger partial charge on any atom is -0.339 e. The first-order chi connectivity index (χ1) is 9.29. The third kappa shape index (κ3) is 2.57. The van der Waals surface area contributed by atoms with Crippen molar-refractivity contribution >= 4 is 0 Å². The molecule has 0 N–H and O–H groups in total. The molecule has 1 aromatic carbocycles. The second-order valence-electron chi connectivity index (χ2n) is 6.18. The molecular weight excluding hydrogens is 252 g/mol. The van der Waals surface area contributed by atoms with Gasteiger partial charge in [0.15, 0.2) is 6.10 Å². The van der Waals surface area contributed by atoms with Crippen molar-refractivity contribution in [2.75, 3.05) is 0 Å². The molecule has 0 aromatic heterocycles. The lowest BCUT2D eigenvalue weighted by molar-refractivity contribution is -0.295. The van der Waals surface area contributed by atoms with Gasteiger partial charge in [-0.25, -0.2) is 0 Å². The summed E-state index contributed by atoms with van der Waals surface area (Å²) in [6.07, 6.45) is -0.615. The van der Waals surface area contributed by atoms with E-state index in [1.807, 2.05) is 70.0 Å². The van der Waals surface area contributed by atoms with Gasteiger partial charge in [0, 0.05) is 0 Å². The van der Waals surface area contributed by atoms with Gasteiger partial charge in [0.05, 0.1) is 11.6 Å². The van der Waals surface area contributed by atoms with Gasteiger partial charge in [-0.3, -0.25) is 4.84 Å². The standard InChI is InChI=1S/C16H22N2O2/c1-12(13-9-7-6-8-10-13)20-18-15(2,3)14(11-17)19-16(18,4)5/h6-10,12,14H,1-5H3. The van der Waals surface area contributed by atoms with Crippen LogP contribution in [0.2, 0.25) is 0 Å². The lowest BCUT2D eigenvalue weighted by Gasteiger charge is -2.38. The molecule has 0 amide bonds. The van der Waals surface area contributed by atoms with Gasteiger partial charge < -0.3 is 4.74 Å². The van der Waals surface area contributed by atoms with Crippen LogP contribution in [0.3, 0.4) is 0 Å². The Morgan fingerprint density at radius 2 is 1.85 bits per heavy atom. The summed E-state index contributed by atoms with van der Waals surface area (Å²) >= 11 is 0. The highest BCUT2D eigenvalue weighted by molar-refractivity contribution is 5.17. The van der Waals surface area contributed by atoms with Crippen LogP contribution in [0.5, 0.6) is 0 Å². The van der Waals surface area contributed by atoms with Crippen molar-refractivity contribution in [3.63, 3.8) is 0 Å². The SMILES string of the molecule is CC(ON1C(C)(C)OC(C#N)C1(C)C)c1ccccc1. The van der Waals surface area contributed by atoms with Gasteiger partial charge in [-0.1, -0.05) is 30.3 Å². The molecule has 1 aliphatic rings. The average molecular weight is 274 g/mol. The van der Waals surface area contributed by atoms with Crippen LogP contribution in [0, 0.1) is 11.3 Å². The van der Waals surface area contributed by atoms with Gasteiger partial charge in [-0.05, 0) is 40.2 Å². The second-order valence-corrected chi connectivity index (χ2v) is 6.18. The highest BCUT2D eigenvalue weighted by atomic mass is 16.7. The summed E-state index contributed by atoms with van der Waals surface area (Å²) in [7, 11) is 0. The average Bonchev–Trinajstić information content (AvgIpc) is 2.58. The second kappa shape index (κ2) is 5.17. The predicted molar refractivity (Wildman–Crippen MR) is 76.4 cm³/mol. The number of rotatable bonds is 3. The van der Waals surface area contributed by atoms with Gasteiger partial charge in [0.2, 0.25) is 0 Å². The first kappa shape index (κ1) is 15.0. The maximum atomic E-state index is 9.25. The van der Waals surface area contributed by atoms with Crippen molar-refractivity contribution in [3.05, 3.63) is 35.9 Å². The smallest absolute Gasteiger partial charge is 0.166 e. The lowest BCUT2D eigenvalue weighted by Crippen LogP contribution is -2.50. The van der Waals surface area contributed by atoms with E-state index in [-0.39, 0.29) is 6.10 Å². The van der Waals surface area contributed by atoms with Crippen molar-refractivity contribution < 1.29 is 9.57 Å². The number of nitrogens with zero attached hydrogens (tertiary/aromatic N) is 2. The van der Waals surface area contributed by atoms with E-state index in [9.17, 15) is 5.26 Å². The first-order valence-electron chi connectivity index (χ1n) is 6.88. The third-order valence-corrected chi connectivity index (χ3v) is 3.71. The summed E-state index contributed by atoms with van der Waals surface area (Å²) in [5, 5.41) is 11.1. The molecule has 2 rings (SSSR count). The Morgan fingerprint density at radius 3 is 2.35 bits per heavy atom. The third-order valence-electron chi connectivity index (χ3n) is 3.71. The van der Waals surface area contributed by atoms with E-state index >= 15 is 0 Å². The molecule has 20 heavy (non-hydrogen) atoms. The Labute approximate surface area is 120 Å². The molecule has 4 heteroatoms. The zero-order chi connectivity index (χ0) is 15.0. The number of hydrogen-bond donors (Lipinski definition) is 0. The molecule has 4 nitrogen and oxygen atoms in total. The van der Waals surface area contributed by atoms with Gasteiger partial charge in [-0.2, -0.15) is 5.26 Å². The Hall–Kier alpha value is -1.41. The number of benzene rings is 1. The molecule has 2 atom stereocenters. The van der Waals surface area contributed by atoms with Crippen LogP contribution in [0.25, 0.3) is 0 Å². The van der Waals surface area contributed by atoms with Gasteiger partial charge in [0.25, 0.3) is 0 Å². The van der Waals surface area contributed by atoms with E-state index in [0.717, 1.165) is 5.56 Å². The van der Waals surface area contributed by atoms with Crippen molar-refractivity contribution in [3.8, 4) is 6.07 Å². The Balaban J connectivity index is 2.21. The van der Waals surface area contributed by atoms with Crippen molar-refractivity contribution in [1.29, 1.82) is 5.26 Å². The molecule has 2 unspecified atom stereocenters.